The number of aromatic nitrogens is 4. The molecule has 0 unspecified atom stereocenters. The number of fused-ring (bicyclic) bond motifs is 1. The lowest BCUT2D eigenvalue weighted by molar-refractivity contribution is 0.435. The highest BCUT2D eigenvalue weighted by Crippen LogP contribution is 2.27. The summed E-state index contributed by atoms with van der Waals surface area (Å²) in [5.41, 5.74) is 1.12. The number of rotatable bonds is 5. The third-order valence-corrected chi connectivity index (χ3v) is 6.06. The van der Waals surface area contributed by atoms with Crippen LogP contribution in [0.15, 0.2) is 82.7 Å². The van der Waals surface area contributed by atoms with Crippen molar-refractivity contribution in [1.29, 1.82) is 0 Å². The normalized spacial score (nSPS) is 11.4. The molecule has 7 nitrogen and oxygen atoms in total. The van der Waals surface area contributed by atoms with E-state index in [0.29, 0.717) is 32.9 Å². The molecule has 5 rings (SSSR count). The van der Waals surface area contributed by atoms with Gasteiger partial charge in [0.2, 0.25) is 11.0 Å². The molecule has 0 saturated carbocycles. The van der Waals surface area contributed by atoms with Crippen LogP contribution in [0.2, 0.25) is 5.02 Å². The molecule has 5 aromatic rings. The van der Waals surface area contributed by atoms with Gasteiger partial charge in [0.05, 0.1) is 10.6 Å². The monoisotopic (exact) mass is 473 g/mol. The van der Waals surface area contributed by atoms with Crippen LogP contribution in [-0.4, -0.2) is 31.1 Å². The molecule has 9 heteroatoms. The van der Waals surface area contributed by atoms with Crippen LogP contribution in [0.5, 0.6) is 5.88 Å². The second-order valence-electron chi connectivity index (χ2n) is 7.16. The lowest BCUT2D eigenvalue weighted by atomic mass is 10.1. The van der Waals surface area contributed by atoms with Crippen molar-refractivity contribution in [3.8, 4) is 11.7 Å². The van der Waals surface area contributed by atoms with E-state index in [1.54, 1.807) is 36.4 Å². The van der Waals surface area contributed by atoms with Crippen LogP contribution in [-0.2, 0) is 6.42 Å². The van der Waals surface area contributed by atoms with Crippen molar-refractivity contribution in [2.75, 3.05) is 0 Å². The molecule has 33 heavy (non-hydrogen) atoms. The van der Waals surface area contributed by atoms with Crippen LogP contribution in [0.1, 0.15) is 16.1 Å². The Morgan fingerprint density at radius 1 is 1.00 bits per heavy atom. The summed E-state index contributed by atoms with van der Waals surface area (Å²) < 4.78 is 1.14. The largest absolute Gasteiger partial charge is 0.494 e. The summed E-state index contributed by atoms with van der Waals surface area (Å²) in [5, 5.41) is 22.1. The van der Waals surface area contributed by atoms with Crippen LogP contribution >= 0.6 is 22.9 Å². The molecule has 1 N–H and O–H groups in total. The van der Waals surface area contributed by atoms with Gasteiger partial charge in [0, 0.05) is 29.6 Å². The fourth-order valence-corrected chi connectivity index (χ4v) is 4.29. The summed E-state index contributed by atoms with van der Waals surface area (Å²) >= 11 is 7.30. The van der Waals surface area contributed by atoms with Gasteiger partial charge in [-0.1, -0.05) is 71.5 Å². The van der Waals surface area contributed by atoms with Gasteiger partial charge in [-0.2, -0.15) is 0 Å². The minimum absolute atomic E-state index is 0.253. The van der Waals surface area contributed by atoms with Gasteiger partial charge in [-0.05, 0) is 23.8 Å². The molecule has 0 radical (unpaired) electrons. The third-order valence-electron chi connectivity index (χ3n) is 5.00. The molecule has 0 atom stereocenters. The van der Waals surface area contributed by atoms with E-state index in [1.807, 2.05) is 30.3 Å². The predicted octanol–water partition coefficient (Wildman–Crippen LogP) is 4.94. The Hall–Kier alpha value is -3.88. The first-order valence-corrected chi connectivity index (χ1v) is 11.2. The maximum absolute atomic E-state index is 13.1. The summed E-state index contributed by atoms with van der Waals surface area (Å²) in [6, 6.07) is 20.2. The van der Waals surface area contributed by atoms with E-state index < -0.39 is 5.56 Å². The van der Waals surface area contributed by atoms with Crippen LogP contribution in [0, 0.1) is 0 Å². The Morgan fingerprint density at radius 3 is 2.52 bits per heavy atom. The van der Waals surface area contributed by atoms with Crippen molar-refractivity contribution >= 4 is 45.1 Å². The summed E-state index contributed by atoms with van der Waals surface area (Å²) in [7, 11) is 0. The Bertz CT molecular complexity index is 1530. The van der Waals surface area contributed by atoms with Crippen molar-refractivity contribution in [2.45, 2.75) is 6.42 Å². The van der Waals surface area contributed by atoms with Crippen molar-refractivity contribution in [3.05, 3.63) is 104 Å². The molecular weight excluding hydrogens is 458 g/mol. The summed E-state index contributed by atoms with van der Waals surface area (Å²) in [4.78, 5) is 21.7. The third kappa shape index (κ3) is 4.26. The molecule has 3 heterocycles. The minimum Gasteiger partial charge on any atom is -0.494 e. The molecule has 0 amide bonds. The quantitative estimate of drug-likeness (QED) is 0.365. The summed E-state index contributed by atoms with van der Waals surface area (Å²) in [5.74, 6) is -0.0188. The highest BCUT2D eigenvalue weighted by molar-refractivity contribution is 7.15. The van der Waals surface area contributed by atoms with E-state index in [-0.39, 0.29) is 11.7 Å². The average Bonchev–Trinajstić information content (AvgIpc) is 3.28. The number of hydrogen-bond donors (Lipinski definition) is 1. The van der Waals surface area contributed by atoms with Crippen molar-refractivity contribution in [2.24, 2.45) is 4.99 Å². The first-order chi connectivity index (χ1) is 16.1. The Balaban J connectivity index is 1.56. The van der Waals surface area contributed by atoms with E-state index in [0.717, 1.165) is 15.1 Å². The van der Waals surface area contributed by atoms with E-state index >= 15 is 0 Å². The fourth-order valence-electron chi connectivity index (χ4n) is 3.46. The molecule has 3 aromatic heterocycles. The number of halogens is 1. The molecule has 0 aliphatic heterocycles. The number of aliphatic imine (C=N–C) groups is 1. The first-order valence-electron chi connectivity index (χ1n) is 9.99. The molecule has 0 bridgehead atoms. The molecule has 0 aliphatic carbocycles. The SMILES string of the molecule is O=c1c2ccccc2c(C=Nc2nnc(Cc3ccccc3)s2)c(O)n1-c1ccc(Cl)cn1. The molecule has 0 aliphatic rings. The lowest BCUT2D eigenvalue weighted by Crippen LogP contribution is -2.21. The van der Waals surface area contributed by atoms with Gasteiger partial charge in [-0.15, -0.1) is 10.2 Å². The van der Waals surface area contributed by atoms with Crippen LogP contribution < -0.4 is 5.56 Å². The molecule has 2 aromatic carbocycles. The highest BCUT2D eigenvalue weighted by Gasteiger charge is 2.17. The Kier molecular flexibility index (Phi) is 5.68. The van der Waals surface area contributed by atoms with Gasteiger partial charge in [-0.3, -0.25) is 4.79 Å². The van der Waals surface area contributed by atoms with E-state index in [1.165, 1.54) is 23.7 Å². The smallest absolute Gasteiger partial charge is 0.267 e. The Labute approximate surface area is 197 Å². The molecule has 0 fully saturated rings. The fraction of sp³-hybridized carbons (Fsp3) is 0.0417. The molecule has 162 valence electrons. The van der Waals surface area contributed by atoms with Gasteiger partial charge in [0.25, 0.3) is 5.56 Å². The van der Waals surface area contributed by atoms with Crippen LogP contribution in [0.25, 0.3) is 16.6 Å². The average molecular weight is 474 g/mol. The molecular formula is C24H16ClN5O2S. The van der Waals surface area contributed by atoms with Crippen molar-refractivity contribution < 1.29 is 5.11 Å². The maximum atomic E-state index is 13.1. The van der Waals surface area contributed by atoms with Crippen molar-refractivity contribution in [1.82, 2.24) is 19.7 Å². The standard InChI is InChI=1S/C24H16ClN5O2S/c25-16-10-11-20(26-13-16)30-22(31)18-9-5-4-8-17(18)19(23(30)32)14-27-24-29-28-21(33-24)12-15-6-2-1-3-7-15/h1-11,13-14,32H,12H2. The maximum Gasteiger partial charge on any atom is 0.267 e. The number of benzene rings is 2. The number of pyridine rings is 2. The second-order valence-corrected chi connectivity index (χ2v) is 8.63. The van der Waals surface area contributed by atoms with Crippen molar-refractivity contribution in [3.63, 3.8) is 0 Å². The van der Waals surface area contributed by atoms with Gasteiger partial charge >= 0.3 is 0 Å². The lowest BCUT2D eigenvalue weighted by Gasteiger charge is -2.12. The predicted molar refractivity (Wildman–Crippen MR) is 130 cm³/mol. The second kappa shape index (κ2) is 8.93. The summed E-state index contributed by atoms with van der Waals surface area (Å²) in [6.45, 7) is 0. The molecule has 0 spiro atoms. The topological polar surface area (TPSA) is 93.3 Å². The molecule has 0 saturated heterocycles. The number of hydrogen-bond acceptors (Lipinski definition) is 7. The minimum atomic E-state index is -0.392. The zero-order chi connectivity index (χ0) is 22.8. The number of aromatic hydroxyl groups is 1. The highest BCUT2D eigenvalue weighted by atomic mass is 35.5. The first kappa shape index (κ1) is 21.0. The zero-order valence-corrected chi connectivity index (χ0v) is 18.7. The Morgan fingerprint density at radius 2 is 1.76 bits per heavy atom. The van der Waals surface area contributed by atoms with E-state index in [2.05, 4.69) is 20.2 Å². The van der Waals surface area contributed by atoms with Gasteiger partial charge in [0.15, 0.2) is 0 Å². The summed E-state index contributed by atoms with van der Waals surface area (Å²) in [6.07, 6.45) is 3.58. The van der Waals surface area contributed by atoms with E-state index in [9.17, 15) is 9.90 Å². The van der Waals surface area contributed by atoms with Crippen LogP contribution in [0.3, 0.4) is 0 Å². The number of nitrogens with zero attached hydrogens (tertiary/aromatic N) is 5. The van der Waals surface area contributed by atoms with E-state index in [4.69, 9.17) is 11.6 Å². The van der Waals surface area contributed by atoms with Gasteiger partial charge < -0.3 is 5.11 Å². The zero-order valence-electron chi connectivity index (χ0n) is 17.1. The van der Waals surface area contributed by atoms with Gasteiger partial charge in [0.1, 0.15) is 10.8 Å². The van der Waals surface area contributed by atoms with Gasteiger partial charge in [-0.25, -0.2) is 14.5 Å². The van der Waals surface area contributed by atoms with Crippen LogP contribution in [0.4, 0.5) is 5.13 Å².